The van der Waals surface area contributed by atoms with E-state index in [2.05, 4.69) is 16.0 Å². The van der Waals surface area contributed by atoms with E-state index in [1.165, 1.54) is 39.8 Å². The molecule has 15 heteroatoms. The first kappa shape index (κ1) is 41.2. The SMILES string of the molecule is CCCC/C=C/C(=O)N[C@@H](Cc1cccc(O)c1)C(=O)N[C@@H]1C(=O)N2CCC[C@H]2C(=O)N2CCC(C)C[C@H]2C(=O)N[C@@H](C)C(=O)N2CCC[C@H]2C(=O)O[C@H]1C. The van der Waals surface area contributed by atoms with Crippen LogP contribution in [-0.2, 0) is 44.7 Å². The normalized spacial score (nSPS) is 28.6. The number of ether oxygens (including phenoxy) is 1. The van der Waals surface area contributed by atoms with Crippen LogP contribution in [0, 0.1) is 5.92 Å². The fourth-order valence-electron chi connectivity index (χ4n) is 8.03. The first-order valence-corrected chi connectivity index (χ1v) is 19.8. The van der Waals surface area contributed by atoms with Crippen LogP contribution in [0.3, 0.4) is 0 Å². The maximum atomic E-state index is 14.6. The van der Waals surface area contributed by atoms with Crippen LogP contribution in [0.15, 0.2) is 36.4 Å². The predicted octanol–water partition coefficient (Wildman–Crippen LogP) is 1.71. The van der Waals surface area contributed by atoms with Gasteiger partial charge in [-0.05, 0) is 88.5 Å². The molecule has 4 N–H and O–H groups in total. The molecule has 1 aromatic rings. The first-order chi connectivity index (χ1) is 26.3. The van der Waals surface area contributed by atoms with Crippen LogP contribution < -0.4 is 16.0 Å². The highest BCUT2D eigenvalue weighted by Gasteiger charge is 2.47. The van der Waals surface area contributed by atoms with Gasteiger partial charge in [0.2, 0.25) is 35.4 Å². The number of cyclic esters (lactones) is 1. The van der Waals surface area contributed by atoms with Gasteiger partial charge in [-0.2, -0.15) is 0 Å². The molecule has 55 heavy (non-hydrogen) atoms. The molecule has 4 fully saturated rings. The number of carbonyl (C=O) groups excluding carboxylic acids is 7. The highest BCUT2D eigenvalue weighted by Crippen LogP contribution is 2.29. The molecule has 0 radical (unpaired) electrons. The minimum Gasteiger partial charge on any atom is -0.508 e. The maximum absolute atomic E-state index is 14.6. The van der Waals surface area contributed by atoms with E-state index < -0.39 is 83.8 Å². The molecule has 4 aliphatic heterocycles. The zero-order chi connectivity index (χ0) is 39.8. The van der Waals surface area contributed by atoms with Crippen molar-refractivity contribution in [1.29, 1.82) is 0 Å². The van der Waals surface area contributed by atoms with Gasteiger partial charge >= 0.3 is 5.97 Å². The summed E-state index contributed by atoms with van der Waals surface area (Å²) in [5.41, 5.74) is 0.541. The standard InChI is InChI=1S/C40H56N6O9/c1-5-6-7-8-16-33(48)42-29(23-27-12-9-13-28(47)22-27)35(49)43-34-26(4)55-40(54)31-15-11-19-45(31)37(51)25(3)41-36(50)32-21-24(2)17-20-46(32)38(52)30-14-10-18-44(30)39(34)53/h8-9,12-13,16,22,24-26,29-32,34,47H,5-7,10-11,14-15,17-21,23H2,1-4H3,(H,41,50)(H,42,48)(H,43,49)/b16-8+/t24?,25-,26-,29-,30-,31-,32-,34-/m0/s1. The third-order valence-electron chi connectivity index (χ3n) is 11.1. The van der Waals surface area contributed by atoms with Gasteiger partial charge in [-0.15, -0.1) is 0 Å². The zero-order valence-electron chi connectivity index (χ0n) is 32.3. The lowest BCUT2D eigenvalue weighted by Crippen LogP contribution is -2.63. The van der Waals surface area contributed by atoms with Crippen molar-refractivity contribution in [2.45, 2.75) is 134 Å². The molecule has 0 aliphatic carbocycles. The summed E-state index contributed by atoms with van der Waals surface area (Å²) in [5.74, 6) is -3.93. The highest BCUT2D eigenvalue weighted by atomic mass is 16.5. The molecule has 5 rings (SSSR count). The van der Waals surface area contributed by atoms with Crippen LogP contribution in [0.2, 0.25) is 0 Å². The topological polar surface area (TPSA) is 195 Å². The largest absolute Gasteiger partial charge is 0.508 e. The molecule has 0 spiro atoms. The number of phenolic OH excluding ortho intramolecular Hbond substituents is 1. The highest BCUT2D eigenvalue weighted by molar-refractivity contribution is 5.98. The summed E-state index contributed by atoms with van der Waals surface area (Å²) in [7, 11) is 0. The van der Waals surface area contributed by atoms with Crippen LogP contribution in [0.1, 0.15) is 91.0 Å². The van der Waals surface area contributed by atoms with Crippen LogP contribution in [-0.4, -0.2) is 123 Å². The van der Waals surface area contributed by atoms with Gasteiger partial charge in [0, 0.05) is 26.1 Å². The molecular weight excluding hydrogens is 708 g/mol. The molecule has 0 aromatic heterocycles. The molecule has 4 aliphatic rings. The Morgan fingerprint density at radius 1 is 0.927 bits per heavy atom. The van der Waals surface area contributed by atoms with E-state index >= 15 is 0 Å². The Kier molecular flexibility index (Phi) is 13.9. The Morgan fingerprint density at radius 3 is 2.33 bits per heavy atom. The van der Waals surface area contributed by atoms with Gasteiger partial charge < -0.3 is 40.5 Å². The monoisotopic (exact) mass is 764 g/mol. The summed E-state index contributed by atoms with van der Waals surface area (Å²) in [6.45, 7) is 7.81. The van der Waals surface area contributed by atoms with Crippen molar-refractivity contribution in [3.05, 3.63) is 42.0 Å². The van der Waals surface area contributed by atoms with Crippen molar-refractivity contribution < 1.29 is 43.4 Å². The number of rotatable bonds is 9. The van der Waals surface area contributed by atoms with Gasteiger partial charge in [0.15, 0.2) is 0 Å². The average molecular weight is 765 g/mol. The Bertz CT molecular complexity index is 1650. The minimum atomic E-state index is -1.48. The number of phenols is 1. The third-order valence-corrected chi connectivity index (χ3v) is 11.1. The fourth-order valence-corrected chi connectivity index (χ4v) is 8.03. The van der Waals surface area contributed by atoms with Crippen molar-refractivity contribution in [3.63, 3.8) is 0 Å². The molecular formula is C40H56N6O9. The van der Waals surface area contributed by atoms with E-state index in [0.717, 1.165) is 12.8 Å². The van der Waals surface area contributed by atoms with Crippen molar-refractivity contribution >= 4 is 41.4 Å². The number of unbranched alkanes of at least 4 members (excludes halogenated alkanes) is 2. The van der Waals surface area contributed by atoms with Crippen molar-refractivity contribution in [2.24, 2.45) is 5.92 Å². The third kappa shape index (κ3) is 10.0. The number of aromatic hydroxyl groups is 1. The molecule has 6 amide bonds. The number of hydrogen-bond acceptors (Lipinski definition) is 9. The second-order valence-corrected chi connectivity index (χ2v) is 15.4. The smallest absolute Gasteiger partial charge is 0.329 e. The maximum Gasteiger partial charge on any atom is 0.329 e. The molecule has 4 heterocycles. The Labute approximate surface area is 322 Å². The Hall–Kier alpha value is -4.95. The van der Waals surface area contributed by atoms with E-state index in [-0.39, 0.29) is 31.2 Å². The van der Waals surface area contributed by atoms with Crippen molar-refractivity contribution in [3.8, 4) is 5.75 Å². The van der Waals surface area contributed by atoms with Gasteiger partial charge in [0.05, 0.1) is 0 Å². The Morgan fingerprint density at radius 2 is 1.62 bits per heavy atom. The van der Waals surface area contributed by atoms with E-state index in [0.29, 0.717) is 57.1 Å². The van der Waals surface area contributed by atoms with Crippen molar-refractivity contribution in [2.75, 3.05) is 19.6 Å². The number of nitrogens with one attached hydrogen (secondary N) is 3. The lowest BCUT2D eigenvalue weighted by molar-refractivity contribution is -0.163. The number of fused-ring (bicyclic) bond motifs is 3. The second-order valence-electron chi connectivity index (χ2n) is 15.4. The number of hydrogen-bond donors (Lipinski definition) is 4. The predicted molar refractivity (Wildman–Crippen MR) is 201 cm³/mol. The molecule has 0 saturated carbocycles. The van der Waals surface area contributed by atoms with E-state index in [4.69, 9.17) is 4.74 Å². The first-order valence-electron chi connectivity index (χ1n) is 19.8. The van der Waals surface area contributed by atoms with Crippen LogP contribution in [0.4, 0.5) is 0 Å². The van der Waals surface area contributed by atoms with Crippen molar-refractivity contribution in [1.82, 2.24) is 30.7 Å². The number of esters is 1. The van der Waals surface area contributed by atoms with Gasteiger partial charge in [0.1, 0.15) is 48.1 Å². The summed E-state index contributed by atoms with van der Waals surface area (Å²) in [6.07, 6.45) is 6.95. The van der Waals surface area contributed by atoms with Gasteiger partial charge in [-0.25, -0.2) is 4.79 Å². The quantitative estimate of drug-likeness (QED) is 0.165. The number of allylic oxidation sites excluding steroid dienone is 1. The van der Waals surface area contributed by atoms with E-state index in [9.17, 15) is 38.7 Å². The second kappa shape index (κ2) is 18.6. The van der Waals surface area contributed by atoms with Crippen LogP contribution in [0.25, 0.3) is 0 Å². The molecule has 300 valence electrons. The lowest BCUT2D eigenvalue weighted by Gasteiger charge is -2.41. The summed E-state index contributed by atoms with van der Waals surface area (Å²) in [4.78, 5) is 102. The number of carbonyl (C=O) groups is 7. The minimum absolute atomic E-state index is 0.0304. The number of amides is 6. The van der Waals surface area contributed by atoms with Gasteiger partial charge in [0.25, 0.3) is 0 Å². The average Bonchev–Trinajstić information content (AvgIpc) is 3.85. The zero-order valence-corrected chi connectivity index (χ0v) is 32.3. The van der Waals surface area contributed by atoms with E-state index in [1.54, 1.807) is 25.1 Å². The summed E-state index contributed by atoms with van der Waals surface area (Å²) >= 11 is 0. The molecule has 4 saturated heterocycles. The molecule has 8 atom stereocenters. The number of nitrogens with zero attached hydrogens (tertiary/aromatic N) is 3. The lowest BCUT2D eigenvalue weighted by atomic mass is 9.91. The summed E-state index contributed by atoms with van der Waals surface area (Å²) < 4.78 is 5.89. The number of benzene rings is 1. The fraction of sp³-hybridized carbons (Fsp3) is 0.625. The summed E-state index contributed by atoms with van der Waals surface area (Å²) in [6, 6.07) is -0.188. The number of piperidine rings is 1. The molecule has 0 bridgehead atoms. The van der Waals surface area contributed by atoms with Crippen LogP contribution >= 0.6 is 0 Å². The van der Waals surface area contributed by atoms with E-state index in [1.807, 2.05) is 13.8 Å². The van der Waals surface area contributed by atoms with Gasteiger partial charge in [-0.3, -0.25) is 28.8 Å². The molecule has 1 unspecified atom stereocenters. The molecule has 15 nitrogen and oxygen atoms in total. The molecule has 1 aromatic carbocycles. The Balaban J connectivity index is 1.49. The van der Waals surface area contributed by atoms with Crippen LogP contribution in [0.5, 0.6) is 5.75 Å². The van der Waals surface area contributed by atoms with Gasteiger partial charge in [-0.1, -0.05) is 44.9 Å². The summed E-state index contributed by atoms with van der Waals surface area (Å²) in [5, 5.41) is 18.4.